The third-order valence-electron chi connectivity index (χ3n) is 6.82. The highest BCUT2D eigenvalue weighted by atomic mass is 19.1. The number of rotatable bonds is 10. The average Bonchev–Trinajstić information content (AvgIpc) is 2.98. The SMILES string of the molecule is O=C(NCc1ccc(F)nc1)Nc1ccc(OCc2ccc(OCCN3CCCCC3)cc2)c2ccccc12. The number of carbonyl (C=O) groups is 1. The summed E-state index contributed by atoms with van der Waals surface area (Å²) >= 11 is 0. The first-order valence-corrected chi connectivity index (χ1v) is 13.4. The summed E-state index contributed by atoms with van der Waals surface area (Å²) in [5, 5.41) is 7.43. The van der Waals surface area contributed by atoms with Crippen LogP contribution in [0.5, 0.6) is 11.5 Å². The molecule has 2 N–H and O–H groups in total. The zero-order valence-electron chi connectivity index (χ0n) is 21.9. The lowest BCUT2D eigenvalue weighted by atomic mass is 10.1. The minimum atomic E-state index is -0.554. The standard InChI is InChI=1S/C31H33FN4O3/c32-30-15-10-24(20-33-30)21-34-31(37)35-28-13-14-29(27-7-3-2-6-26(27)28)39-22-23-8-11-25(12-9-23)38-19-18-36-16-4-1-5-17-36/h2-3,6-15,20H,1,4-5,16-19,21-22H2,(H2,34,35,37). The van der Waals surface area contributed by atoms with Crippen molar-refractivity contribution in [2.45, 2.75) is 32.4 Å². The maximum Gasteiger partial charge on any atom is 0.319 e. The van der Waals surface area contributed by atoms with Crippen LogP contribution in [0.4, 0.5) is 14.9 Å². The summed E-state index contributed by atoms with van der Waals surface area (Å²) < 4.78 is 25.1. The van der Waals surface area contributed by atoms with E-state index in [1.54, 1.807) is 6.07 Å². The summed E-state index contributed by atoms with van der Waals surface area (Å²) in [5.74, 6) is 1.04. The molecule has 3 aromatic carbocycles. The predicted octanol–water partition coefficient (Wildman–Crippen LogP) is 6.14. The van der Waals surface area contributed by atoms with Crippen LogP contribution < -0.4 is 20.1 Å². The summed E-state index contributed by atoms with van der Waals surface area (Å²) in [7, 11) is 0. The quantitative estimate of drug-likeness (QED) is 0.242. The molecule has 1 aliphatic heterocycles. The molecule has 1 saturated heterocycles. The van der Waals surface area contributed by atoms with Gasteiger partial charge in [-0.2, -0.15) is 4.39 Å². The van der Waals surface area contributed by atoms with Crippen LogP contribution in [0.2, 0.25) is 0 Å². The Morgan fingerprint density at radius 2 is 1.64 bits per heavy atom. The van der Waals surface area contributed by atoms with Gasteiger partial charge in [-0.25, -0.2) is 9.78 Å². The molecule has 0 saturated carbocycles. The predicted molar refractivity (Wildman–Crippen MR) is 151 cm³/mol. The third-order valence-corrected chi connectivity index (χ3v) is 6.82. The molecule has 8 heteroatoms. The van der Waals surface area contributed by atoms with Crippen LogP contribution in [0, 0.1) is 5.95 Å². The van der Waals surface area contributed by atoms with Crippen molar-refractivity contribution in [2.75, 3.05) is 31.6 Å². The smallest absolute Gasteiger partial charge is 0.319 e. The number of carbonyl (C=O) groups excluding carboxylic acids is 1. The molecule has 0 radical (unpaired) electrons. The van der Waals surface area contributed by atoms with E-state index < -0.39 is 5.95 Å². The zero-order chi connectivity index (χ0) is 26.9. The first kappa shape index (κ1) is 26.4. The summed E-state index contributed by atoms with van der Waals surface area (Å²) in [5.41, 5.74) is 2.41. The molecular weight excluding hydrogens is 495 g/mol. The fourth-order valence-electron chi connectivity index (χ4n) is 4.68. The van der Waals surface area contributed by atoms with E-state index in [-0.39, 0.29) is 12.6 Å². The van der Waals surface area contributed by atoms with E-state index >= 15 is 0 Å². The molecule has 2 amide bonds. The fraction of sp³-hybridized carbons (Fsp3) is 0.290. The molecule has 0 bridgehead atoms. The van der Waals surface area contributed by atoms with E-state index in [4.69, 9.17) is 9.47 Å². The normalized spacial score (nSPS) is 13.7. The molecule has 202 valence electrons. The van der Waals surface area contributed by atoms with Gasteiger partial charge in [0.1, 0.15) is 24.7 Å². The number of ether oxygens (including phenoxy) is 2. The van der Waals surface area contributed by atoms with E-state index in [1.807, 2.05) is 60.7 Å². The Morgan fingerprint density at radius 1 is 0.872 bits per heavy atom. The minimum absolute atomic E-state index is 0.237. The number of nitrogens with zero attached hydrogens (tertiary/aromatic N) is 2. The first-order valence-electron chi connectivity index (χ1n) is 13.4. The zero-order valence-corrected chi connectivity index (χ0v) is 21.9. The summed E-state index contributed by atoms with van der Waals surface area (Å²) in [6, 6.07) is 22.0. The van der Waals surface area contributed by atoms with Crippen LogP contribution in [-0.2, 0) is 13.2 Å². The number of aromatic nitrogens is 1. The Balaban J connectivity index is 1.15. The second-order valence-corrected chi connectivity index (χ2v) is 9.64. The molecule has 1 aliphatic rings. The summed E-state index contributed by atoms with van der Waals surface area (Å²) in [6.07, 6.45) is 5.31. The summed E-state index contributed by atoms with van der Waals surface area (Å²) in [4.78, 5) is 18.6. The Hall–Kier alpha value is -4.17. The van der Waals surface area contributed by atoms with Crippen molar-refractivity contribution in [3.8, 4) is 11.5 Å². The molecular formula is C31H33FN4O3. The van der Waals surface area contributed by atoms with Gasteiger partial charge >= 0.3 is 6.03 Å². The number of pyridine rings is 1. The number of hydrogen-bond donors (Lipinski definition) is 2. The molecule has 39 heavy (non-hydrogen) atoms. The van der Waals surface area contributed by atoms with E-state index in [9.17, 15) is 9.18 Å². The number of benzene rings is 3. The van der Waals surface area contributed by atoms with Gasteiger partial charge < -0.3 is 20.1 Å². The third kappa shape index (κ3) is 7.45. The second-order valence-electron chi connectivity index (χ2n) is 9.64. The van der Waals surface area contributed by atoms with Crippen LogP contribution in [-0.4, -0.2) is 42.2 Å². The summed E-state index contributed by atoms with van der Waals surface area (Å²) in [6.45, 7) is 4.67. The molecule has 0 atom stereocenters. The van der Waals surface area contributed by atoms with Crippen LogP contribution in [0.15, 0.2) is 79.0 Å². The van der Waals surface area contributed by atoms with Crippen molar-refractivity contribution in [1.82, 2.24) is 15.2 Å². The van der Waals surface area contributed by atoms with Crippen molar-refractivity contribution in [3.63, 3.8) is 0 Å². The Morgan fingerprint density at radius 3 is 2.41 bits per heavy atom. The molecule has 0 aliphatic carbocycles. The largest absolute Gasteiger partial charge is 0.492 e. The topological polar surface area (TPSA) is 75.7 Å². The molecule has 0 spiro atoms. The van der Waals surface area contributed by atoms with Crippen molar-refractivity contribution in [3.05, 3.63) is 96.1 Å². The lowest BCUT2D eigenvalue weighted by Crippen LogP contribution is -2.33. The van der Waals surface area contributed by atoms with Crippen molar-refractivity contribution in [2.24, 2.45) is 0 Å². The van der Waals surface area contributed by atoms with Crippen molar-refractivity contribution in [1.29, 1.82) is 0 Å². The molecule has 1 fully saturated rings. The number of urea groups is 1. The first-order chi connectivity index (χ1) is 19.1. The van der Waals surface area contributed by atoms with Crippen LogP contribution >= 0.6 is 0 Å². The lowest BCUT2D eigenvalue weighted by Gasteiger charge is -2.26. The Labute approximate surface area is 228 Å². The highest BCUT2D eigenvalue weighted by Crippen LogP contribution is 2.32. The van der Waals surface area contributed by atoms with Gasteiger partial charge in [-0.1, -0.05) is 48.9 Å². The molecule has 7 nitrogen and oxygen atoms in total. The molecule has 1 aromatic heterocycles. The number of halogens is 1. The maximum absolute atomic E-state index is 13.0. The molecule has 0 unspecified atom stereocenters. The average molecular weight is 529 g/mol. The number of amides is 2. The number of nitrogens with one attached hydrogen (secondary N) is 2. The van der Waals surface area contributed by atoms with Gasteiger partial charge in [-0.3, -0.25) is 4.90 Å². The second kappa shape index (κ2) is 13.1. The lowest BCUT2D eigenvalue weighted by molar-refractivity contribution is 0.183. The fourth-order valence-corrected chi connectivity index (χ4v) is 4.68. The number of anilines is 1. The van der Waals surface area contributed by atoms with Gasteiger partial charge in [0.25, 0.3) is 0 Å². The molecule has 4 aromatic rings. The number of hydrogen-bond acceptors (Lipinski definition) is 5. The van der Waals surface area contributed by atoms with E-state index in [2.05, 4.69) is 20.5 Å². The van der Waals surface area contributed by atoms with Crippen LogP contribution in [0.3, 0.4) is 0 Å². The molecule has 2 heterocycles. The minimum Gasteiger partial charge on any atom is -0.492 e. The number of fused-ring (bicyclic) bond motifs is 1. The maximum atomic E-state index is 13.0. The van der Waals surface area contributed by atoms with E-state index in [0.717, 1.165) is 34.4 Å². The van der Waals surface area contributed by atoms with E-state index in [0.29, 0.717) is 24.5 Å². The van der Waals surface area contributed by atoms with Gasteiger partial charge in [-0.05, 0) is 67.4 Å². The number of piperidine rings is 1. The molecule has 5 rings (SSSR count). The highest BCUT2D eigenvalue weighted by Gasteiger charge is 2.11. The van der Waals surface area contributed by atoms with Crippen molar-refractivity contribution < 1.29 is 18.7 Å². The van der Waals surface area contributed by atoms with E-state index in [1.165, 1.54) is 44.6 Å². The van der Waals surface area contributed by atoms with Crippen molar-refractivity contribution >= 4 is 22.5 Å². The van der Waals surface area contributed by atoms with Crippen LogP contribution in [0.25, 0.3) is 10.8 Å². The van der Waals surface area contributed by atoms with Gasteiger partial charge in [0.15, 0.2) is 0 Å². The van der Waals surface area contributed by atoms with Gasteiger partial charge in [0.05, 0.1) is 5.69 Å². The van der Waals surface area contributed by atoms with Gasteiger partial charge in [0.2, 0.25) is 5.95 Å². The van der Waals surface area contributed by atoms with Gasteiger partial charge in [-0.15, -0.1) is 0 Å². The van der Waals surface area contributed by atoms with Crippen LogP contribution in [0.1, 0.15) is 30.4 Å². The van der Waals surface area contributed by atoms with Gasteiger partial charge in [0, 0.05) is 30.1 Å². The number of likely N-dealkylation sites (tertiary alicyclic amines) is 1. The Bertz CT molecular complexity index is 1370. The Kier molecular flexibility index (Phi) is 8.86. The highest BCUT2D eigenvalue weighted by molar-refractivity contribution is 6.03. The monoisotopic (exact) mass is 528 g/mol.